The molecule has 32 heavy (non-hydrogen) atoms. The minimum absolute atomic E-state index is 0.150. The van der Waals surface area contributed by atoms with Crippen LogP contribution in [0.2, 0.25) is 0 Å². The van der Waals surface area contributed by atoms with Crippen LogP contribution in [-0.4, -0.2) is 49.9 Å². The Morgan fingerprint density at radius 2 is 1.75 bits per heavy atom. The first-order valence-corrected chi connectivity index (χ1v) is 10.6. The van der Waals surface area contributed by atoms with E-state index in [1.165, 1.54) is 0 Å². The van der Waals surface area contributed by atoms with E-state index in [2.05, 4.69) is 15.2 Å². The molecule has 170 valence electrons. The summed E-state index contributed by atoms with van der Waals surface area (Å²) in [5.41, 5.74) is 2.12. The summed E-state index contributed by atoms with van der Waals surface area (Å²) in [6.07, 6.45) is 1.99. The number of methoxy groups -OCH3 is 1. The molecule has 8 nitrogen and oxygen atoms in total. The maximum Gasteiger partial charge on any atom is 0.251 e. The highest BCUT2D eigenvalue weighted by Crippen LogP contribution is 2.28. The average molecular weight is 440 g/mol. The SMILES string of the molecule is CCOc1ccc(C(=O)NCC(=O)Nc2ccc3c(ccn3CCOC)c2)cc1OCC. The van der Waals surface area contributed by atoms with E-state index in [1.807, 2.05) is 44.3 Å². The molecule has 0 aliphatic rings. The summed E-state index contributed by atoms with van der Waals surface area (Å²) in [5.74, 6) is 0.398. The van der Waals surface area contributed by atoms with E-state index >= 15 is 0 Å². The Kier molecular flexibility index (Phi) is 8.10. The van der Waals surface area contributed by atoms with Gasteiger partial charge in [-0.25, -0.2) is 0 Å². The third-order valence-electron chi connectivity index (χ3n) is 4.81. The van der Waals surface area contributed by atoms with Gasteiger partial charge in [0, 0.05) is 42.0 Å². The monoisotopic (exact) mass is 439 g/mol. The van der Waals surface area contributed by atoms with Gasteiger partial charge in [0.2, 0.25) is 5.91 Å². The fraction of sp³-hybridized carbons (Fsp3) is 0.333. The lowest BCUT2D eigenvalue weighted by Crippen LogP contribution is -2.32. The summed E-state index contributed by atoms with van der Waals surface area (Å²) in [4.78, 5) is 24.8. The minimum atomic E-state index is -0.366. The average Bonchev–Trinajstić information content (AvgIpc) is 3.19. The van der Waals surface area contributed by atoms with Gasteiger partial charge in [-0.1, -0.05) is 0 Å². The van der Waals surface area contributed by atoms with Crippen LogP contribution < -0.4 is 20.1 Å². The Balaban J connectivity index is 1.58. The van der Waals surface area contributed by atoms with Crippen LogP contribution in [0.15, 0.2) is 48.7 Å². The van der Waals surface area contributed by atoms with Crippen molar-refractivity contribution in [1.29, 1.82) is 0 Å². The van der Waals surface area contributed by atoms with Crippen LogP contribution in [0.4, 0.5) is 5.69 Å². The molecule has 1 aromatic heterocycles. The van der Waals surface area contributed by atoms with Gasteiger partial charge in [-0.2, -0.15) is 0 Å². The molecule has 0 atom stereocenters. The number of ether oxygens (including phenoxy) is 3. The van der Waals surface area contributed by atoms with Crippen molar-refractivity contribution >= 4 is 28.4 Å². The van der Waals surface area contributed by atoms with E-state index in [4.69, 9.17) is 14.2 Å². The van der Waals surface area contributed by atoms with Crippen molar-refractivity contribution in [2.24, 2.45) is 0 Å². The highest BCUT2D eigenvalue weighted by Gasteiger charge is 2.13. The van der Waals surface area contributed by atoms with Crippen LogP contribution in [0, 0.1) is 0 Å². The molecule has 0 aliphatic heterocycles. The number of nitrogens with zero attached hydrogens (tertiary/aromatic N) is 1. The maximum absolute atomic E-state index is 12.5. The fourth-order valence-electron chi connectivity index (χ4n) is 3.32. The molecule has 3 aromatic rings. The Hall–Kier alpha value is -3.52. The van der Waals surface area contributed by atoms with Crippen molar-refractivity contribution < 1.29 is 23.8 Å². The van der Waals surface area contributed by atoms with Crippen molar-refractivity contribution in [3.63, 3.8) is 0 Å². The molecular weight excluding hydrogens is 410 g/mol. The van der Waals surface area contributed by atoms with Gasteiger partial charge in [0.05, 0.1) is 26.4 Å². The molecule has 0 unspecified atom stereocenters. The van der Waals surface area contributed by atoms with Gasteiger partial charge >= 0.3 is 0 Å². The summed E-state index contributed by atoms with van der Waals surface area (Å²) >= 11 is 0. The number of hydrogen-bond donors (Lipinski definition) is 2. The largest absolute Gasteiger partial charge is 0.490 e. The van der Waals surface area contributed by atoms with Crippen molar-refractivity contribution in [3.05, 3.63) is 54.2 Å². The molecule has 0 saturated heterocycles. The Labute approximate surface area is 187 Å². The Morgan fingerprint density at radius 3 is 2.50 bits per heavy atom. The second kappa shape index (κ2) is 11.2. The van der Waals surface area contributed by atoms with Gasteiger partial charge in [-0.3, -0.25) is 9.59 Å². The summed E-state index contributed by atoms with van der Waals surface area (Å²) in [5, 5.41) is 6.47. The van der Waals surface area contributed by atoms with Crippen molar-refractivity contribution in [1.82, 2.24) is 9.88 Å². The lowest BCUT2D eigenvalue weighted by Gasteiger charge is -2.12. The second-order valence-corrected chi connectivity index (χ2v) is 7.03. The summed E-state index contributed by atoms with van der Waals surface area (Å²) in [6.45, 7) is 5.92. The Bertz CT molecular complexity index is 1080. The van der Waals surface area contributed by atoms with E-state index in [0.717, 1.165) is 17.4 Å². The zero-order valence-electron chi connectivity index (χ0n) is 18.6. The first kappa shape index (κ1) is 23.1. The summed E-state index contributed by atoms with van der Waals surface area (Å²) in [6, 6.07) is 12.6. The normalized spacial score (nSPS) is 10.7. The van der Waals surface area contributed by atoms with E-state index in [9.17, 15) is 9.59 Å². The first-order valence-electron chi connectivity index (χ1n) is 10.6. The molecule has 0 radical (unpaired) electrons. The van der Waals surface area contributed by atoms with Gasteiger partial charge < -0.3 is 29.4 Å². The minimum Gasteiger partial charge on any atom is -0.490 e. The van der Waals surface area contributed by atoms with Crippen LogP contribution in [0.5, 0.6) is 11.5 Å². The number of benzene rings is 2. The number of carbonyl (C=O) groups is 2. The first-order chi connectivity index (χ1) is 15.5. The summed E-state index contributed by atoms with van der Waals surface area (Å²) in [7, 11) is 1.67. The van der Waals surface area contributed by atoms with Crippen LogP contribution >= 0.6 is 0 Å². The smallest absolute Gasteiger partial charge is 0.251 e. The van der Waals surface area contributed by atoms with Crippen LogP contribution in [-0.2, 0) is 16.1 Å². The number of nitrogens with one attached hydrogen (secondary N) is 2. The number of rotatable bonds is 11. The second-order valence-electron chi connectivity index (χ2n) is 7.03. The molecule has 0 bridgehead atoms. The van der Waals surface area contributed by atoms with E-state index in [-0.39, 0.29) is 18.4 Å². The van der Waals surface area contributed by atoms with Crippen molar-refractivity contribution in [2.45, 2.75) is 20.4 Å². The quantitative estimate of drug-likeness (QED) is 0.478. The molecular formula is C24H29N3O5. The predicted octanol–water partition coefficient (Wildman–Crippen LogP) is 3.45. The highest BCUT2D eigenvalue weighted by atomic mass is 16.5. The molecule has 2 N–H and O–H groups in total. The van der Waals surface area contributed by atoms with Crippen molar-refractivity contribution in [2.75, 3.05) is 38.8 Å². The molecule has 0 fully saturated rings. The van der Waals surface area contributed by atoms with Gasteiger partial charge in [0.15, 0.2) is 11.5 Å². The maximum atomic E-state index is 12.5. The van der Waals surface area contributed by atoms with E-state index in [0.29, 0.717) is 42.6 Å². The lowest BCUT2D eigenvalue weighted by atomic mass is 10.2. The molecule has 0 saturated carbocycles. The lowest BCUT2D eigenvalue weighted by molar-refractivity contribution is -0.115. The third kappa shape index (κ3) is 5.79. The van der Waals surface area contributed by atoms with Crippen LogP contribution in [0.1, 0.15) is 24.2 Å². The number of hydrogen-bond acceptors (Lipinski definition) is 5. The summed E-state index contributed by atoms with van der Waals surface area (Å²) < 4.78 is 18.3. The van der Waals surface area contributed by atoms with Gasteiger partial charge in [0.1, 0.15) is 0 Å². The van der Waals surface area contributed by atoms with Gasteiger partial charge in [0.25, 0.3) is 5.91 Å². The zero-order chi connectivity index (χ0) is 22.9. The highest BCUT2D eigenvalue weighted by molar-refractivity contribution is 6.00. The number of anilines is 1. The molecule has 8 heteroatoms. The van der Waals surface area contributed by atoms with E-state index < -0.39 is 0 Å². The van der Waals surface area contributed by atoms with Crippen molar-refractivity contribution in [3.8, 4) is 11.5 Å². The topological polar surface area (TPSA) is 90.8 Å². The van der Waals surface area contributed by atoms with E-state index in [1.54, 1.807) is 25.3 Å². The number of amides is 2. The zero-order valence-corrected chi connectivity index (χ0v) is 18.6. The third-order valence-corrected chi connectivity index (χ3v) is 4.81. The molecule has 0 aliphatic carbocycles. The standard InChI is InChI=1S/C24H29N3O5/c1-4-31-21-9-6-18(15-22(21)32-5-2)24(29)25-16-23(28)26-19-7-8-20-17(14-19)10-11-27(20)12-13-30-3/h6-11,14-15H,4-5,12-13,16H2,1-3H3,(H,25,29)(H,26,28). The predicted molar refractivity (Wildman–Crippen MR) is 124 cm³/mol. The van der Waals surface area contributed by atoms with Crippen LogP contribution in [0.25, 0.3) is 10.9 Å². The molecule has 3 rings (SSSR count). The molecule has 1 heterocycles. The number of aromatic nitrogens is 1. The molecule has 2 amide bonds. The number of carbonyl (C=O) groups excluding carboxylic acids is 2. The van der Waals surface area contributed by atoms with Gasteiger partial charge in [-0.05, 0) is 56.3 Å². The Morgan fingerprint density at radius 1 is 0.969 bits per heavy atom. The fourth-order valence-corrected chi connectivity index (χ4v) is 3.32. The molecule has 2 aromatic carbocycles. The van der Waals surface area contributed by atoms with Gasteiger partial charge in [-0.15, -0.1) is 0 Å². The number of fused-ring (bicyclic) bond motifs is 1. The molecule has 0 spiro atoms. The van der Waals surface area contributed by atoms with Crippen LogP contribution in [0.3, 0.4) is 0 Å².